The Balaban J connectivity index is 1.81. The van der Waals surface area contributed by atoms with Crippen LogP contribution < -0.4 is 4.74 Å². The van der Waals surface area contributed by atoms with Gasteiger partial charge >= 0.3 is 5.97 Å². The molecule has 22 heavy (non-hydrogen) atoms. The van der Waals surface area contributed by atoms with Gasteiger partial charge in [0.1, 0.15) is 5.75 Å². The second-order valence-corrected chi connectivity index (χ2v) is 5.66. The summed E-state index contributed by atoms with van der Waals surface area (Å²) in [4.78, 5) is 12.0. The number of benzene rings is 2. The lowest BCUT2D eigenvalue weighted by molar-refractivity contribution is 0.0500. The molecule has 0 aliphatic heterocycles. The molecule has 0 saturated heterocycles. The van der Waals surface area contributed by atoms with Gasteiger partial charge in [0, 0.05) is 0 Å². The Morgan fingerprint density at radius 3 is 2.59 bits per heavy atom. The van der Waals surface area contributed by atoms with Crippen LogP contribution in [0.4, 0.5) is 0 Å². The van der Waals surface area contributed by atoms with E-state index in [1.165, 1.54) is 5.56 Å². The highest BCUT2D eigenvalue weighted by Crippen LogP contribution is 2.26. The summed E-state index contributed by atoms with van der Waals surface area (Å²) in [5, 5.41) is 0. The molecule has 0 spiro atoms. The molecule has 2 rings (SSSR count). The number of rotatable bonds is 7. The second-order valence-electron chi connectivity index (χ2n) is 4.80. The zero-order chi connectivity index (χ0) is 15.8. The van der Waals surface area contributed by atoms with E-state index in [9.17, 15) is 4.79 Å². The van der Waals surface area contributed by atoms with Crippen LogP contribution in [-0.2, 0) is 11.2 Å². The smallest absolute Gasteiger partial charge is 0.338 e. The third kappa shape index (κ3) is 4.88. The van der Waals surface area contributed by atoms with Crippen molar-refractivity contribution in [3.8, 4) is 5.75 Å². The lowest BCUT2D eigenvalue weighted by Crippen LogP contribution is -2.07. The van der Waals surface area contributed by atoms with Crippen molar-refractivity contribution in [1.82, 2.24) is 0 Å². The SMILES string of the molecule is CCOc1ccc(C(=O)OCCCc2ccccc2)cc1Br. The van der Waals surface area contributed by atoms with Gasteiger partial charge in [-0.15, -0.1) is 0 Å². The van der Waals surface area contributed by atoms with Crippen molar-refractivity contribution in [2.24, 2.45) is 0 Å². The molecule has 0 atom stereocenters. The topological polar surface area (TPSA) is 35.5 Å². The van der Waals surface area contributed by atoms with E-state index in [2.05, 4.69) is 28.1 Å². The van der Waals surface area contributed by atoms with Crippen LogP contribution in [0.15, 0.2) is 53.0 Å². The van der Waals surface area contributed by atoms with Crippen molar-refractivity contribution in [1.29, 1.82) is 0 Å². The summed E-state index contributed by atoms with van der Waals surface area (Å²) in [6.07, 6.45) is 1.72. The highest BCUT2D eigenvalue weighted by molar-refractivity contribution is 9.10. The first-order valence-corrected chi connectivity index (χ1v) is 8.13. The molecule has 0 bridgehead atoms. The molecular formula is C18H19BrO3. The van der Waals surface area contributed by atoms with Crippen LogP contribution in [0.1, 0.15) is 29.3 Å². The van der Waals surface area contributed by atoms with Crippen molar-refractivity contribution in [3.63, 3.8) is 0 Å². The van der Waals surface area contributed by atoms with Gasteiger partial charge in [-0.3, -0.25) is 0 Å². The van der Waals surface area contributed by atoms with Crippen molar-refractivity contribution < 1.29 is 14.3 Å². The van der Waals surface area contributed by atoms with Crippen LogP contribution in [0, 0.1) is 0 Å². The summed E-state index contributed by atoms with van der Waals surface area (Å²) in [5.74, 6) is 0.417. The van der Waals surface area contributed by atoms with Crippen molar-refractivity contribution in [3.05, 3.63) is 64.1 Å². The van der Waals surface area contributed by atoms with Gasteiger partial charge < -0.3 is 9.47 Å². The van der Waals surface area contributed by atoms with Gasteiger partial charge in [0.2, 0.25) is 0 Å². The highest BCUT2D eigenvalue weighted by atomic mass is 79.9. The maximum atomic E-state index is 12.0. The zero-order valence-electron chi connectivity index (χ0n) is 12.5. The Labute approximate surface area is 139 Å². The fraction of sp³-hybridized carbons (Fsp3) is 0.278. The Hall–Kier alpha value is -1.81. The third-order valence-corrected chi connectivity index (χ3v) is 3.77. The quantitative estimate of drug-likeness (QED) is 0.531. The van der Waals surface area contributed by atoms with E-state index in [0.717, 1.165) is 23.1 Å². The van der Waals surface area contributed by atoms with E-state index in [1.807, 2.05) is 25.1 Å². The number of hydrogen-bond donors (Lipinski definition) is 0. The molecule has 0 amide bonds. The number of aryl methyl sites for hydroxylation is 1. The molecule has 0 radical (unpaired) electrons. The number of esters is 1. The first-order chi connectivity index (χ1) is 10.7. The van der Waals surface area contributed by atoms with Crippen LogP contribution in [0.5, 0.6) is 5.75 Å². The Morgan fingerprint density at radius 1 is 1.14 bits per heavy atom. The van der Waals surface area contributed by atoms with Gasteiger partial charge in [-0.1, -0.05) is 30.3 Å². The lowest BCUT2D eigenvalue weighted by atomic mass is 10.1. The minimum Gasteiger partial charge on any atom is -0.493 e. The normalized spacial score (nSPS) is 10.3. The van der Waals surface area contributed by atoms with Crippen LogP contribution in [0.25, 0.3) is 0 Å². The molecule has 4 heteroatoms. The fourth-order valence-electron chi connectivity index (χ4n) is 2.07. The van der Waals surface area contributed by atoms with E-state index in [-0.39, 0.29) is 5.97 Å². The molecule has 0 aliphatic rings. The highest BCUT2D eigenvalue weighted by Gasteiger charge is 2.10. The molecule has 2 aromatic rings. The number of halogens is 1. The number of carbonyl (C=O) groups is 1. The third-order valence-electron chi connectivity index (χ3n) is 3.15. The van der Waals surface area contributed by atoms with E-state index < -0.39 is 0 Å². The van der Waals surface area contributed by atoms with Gasteiger partial charge in [-0.05, 0) is 59.5 Å². The van der Waals surface area contributed by atoms with Gasteiger partial charge in [-0.25, -0.2) is 4.79 Å². The first kappa shape index (κ1) is 16.6. The van der Waals surface area contributed by atoms with Gasteiger partial charge in [0.25, 0.3) is 0 Å². The Bertz CT molecular complexity index is 611. The summed E-state index contributed by atoms with van der Waals surface area (Å²) >= 11 is 3.40. The summed E-state index contributed by atoms with van der Waals surface area (Å²) in [5.41, 5.74) is 1.78. The van der Waals surface area contributed by atoms with Crippen LogP contribution in [-0.4, -0.2) is 19.2 Å². The average molecular weight is 363 g/mol. The molecule has 2 aromatic carbocycles. The van der Waals surface area contributed by atoms with Gasteiger partial charge in [-0.2, -0.15) is 0 Å². The Kier molecular flexibility index (Phi) is 6.46. The molecule has 0 aromatic heterocycles. The summed E-state index contributed by atoms with van der Waals surface area (Å²) in [7, 11) is 0. The maximum absolute atomic E-state index is 12.0. The average Bonchev–Trinajstić information content (AvgIpc) is 2.54. The van der Waals surface area contributed by atoms with Gasteiger partial charge in [0.05, 0.1) is 23.2 Å². The van der Waals surface area contributed by atoms with Crippen LogP contribution in [0.2, 0.25) is 0 Å². The first-order valence-electron chi connectivity index (χ1n) is 7.34. The van der Waals surface area contributed by atoms with E-state index >= 15 is 0 Å². The molecule has 116 valence electrons. The summed E-state index contributed by atoms with van der Waals surface area (Å²) < 4.78 is 11.5. The molecule has 0 N–H and O–H groups in total. The standard InChI is InChI=1S/C18H19BrO3/c1-2-21-17-11-10-15(13-16(17)19)18(20)22-12-6-9-14-7-4-3-5-8-14/h3-5,7-8,10-11,13H,2,6,9,12H2,1H3. The summed E-state index contributed by atoms with van der Waals surface area (Å²) in [6, 6.07) is 15.4. The van der Waals surface area contributed by atoms with Crippen molar-refractivity contribution in [2.45, 2.75) is 19.8 Å². The molecule has 3 nitrogen and oxygen atoms in total. The minimum absolute atomic E-state index is 0.309. The predicted octanol–water partition coefficient (Wildman–Crippen LogP) is 4.64. The lowest BCUT2D eigenvalue weighted by Gasteiger charge is -2.08. The molecule has 0 aliphatic carbocycles. The molecule has 0 saturated carbocycles. The fourth-order valence-corrected chi connectivity index (χ4v) is 2.56. The van der Waals surface area contributed by atoms with Crippen LogP contribution in [0.3, 0.4) is 0 Å². The largest absolute Gasteiger partial charge is 0.493 e. The predicted molar refractivity (Wildman–Crippen MR) is 90.4 cm³/mol. The Morgan fingerprint density at radius 2 is 1.91 bits per heavy atom. The number of carbonyl (C=O) groups excluding carboxylic acids is 1. The summed E-state index contributed by atoms with van der Waals surface area (Å²) in [6.45, 7) is 2.92. The number of hydrogen-bond acceptors (Lipinski definition) is 3. The number of ether oxygens (including phenoxy) is 2. The molecule has 0 heterocycles. The van der Waals surface area contributed by atoms with Crippen LogP contribution >= 0.6 is 15.9 Å². The van der Waals surface area contributed by atoms with Crippen molar-refractivity contribution >= 4 is 21.9 Å². The minimum atomic E-state index is -0.309. The van der Waals surface area contributed by atoms with E-state index in [4.69, 9.17) is 9.47 Å². The monoisotopic (exact) mass is 362 g/mol. The molecule has 0 unspecified atom stereocenters. The zero-order valence-corrected chi connectivity index (χ0v) is 14.1. The van der Waals surface area contributed by atoms with E-state index in [0.29, 0.717) is 18.8 Å². The second kappa shape index (κ2) is 8.59. The molecule has 0 fully saturated rings. The molecular weight excluding hydrogens is 344 g/mol. The van der Waals surface area contributed by atoms with Gasteiger partial charge in [0.15, 0.2) is 0 Å². The van der Waals surface area contributed by atoms with Crippen molar-refractivity contribution in [2.75, 3.05) is 13.2 Å². The maximum Gasteiger partial charge on any atom is 0.338 e. The van der Waals surface area contributed by atoms with E-state index in [1.54, 1.807) is 18.2 Å².